The van der Waals surface area contributed by atoms with Gasteiger partial charge in [0.25, 0.3) is 0 Å². The molecule has 0 aliphatic carbocycles. The molecule has 2 aromatic heterocycles. The van der Waals surface area contributed by atoms with Crippen molar-refractivity contribution in [3.63, 3.8) is 0 Å². The third kappa shape index (κ3) is 4.61. The maximum absolute atomic E-state index is 5.06. The van der Waals surface area contributed by atoms with E-state index < -0.39 is 0 Å². The monoisotopic (exact) mass is 641 g/mol. The van der Waals surface area contributed by atoms with Gasteiger partial charge in [-0.2, -0.15) is 0 Å². The summed E-state index contributed by atoms with van der Waals surface area (Å²) in [7, 11) is 0. The maximum atomic E-state index is 5.06. The molecule has 10 rings (SSSR count). The molecule has 0 atom stereocenters. The Labute approximate surface area is 286 Å². The lowest BCUT2D eigenvalue weighted by Gasteiger charge is -2.12. The van der Waals surface area contributed by atoms with E-state index in [1.807, 2.05) is 72.0 Å². The lowest BCUT2D eigenvalue weighted by molar-refractivity contribution is 1.08. The fourth-order valence-electron chi connectivity index (χ4n) is 7.21. The average Bonchev–Trinajstić information content (AvgIpc) is 3.56. The number of rotatable bonds is 4. The van der Waals surface area contributed by atoms with Gasteiger partial charge in [-0.05, 0) is 61.6 Å². The summed E-state index contributed by atoms with van der Waals surface area (Å²) in [5, 5.41) is 10.1. The highest BCUT2D eigenvalue weighted by Crippen LogP contribution is 2.42. The predicted molar refractivity (Wildman–Crippen MR) is 207 cm³/mol. The van der Waals surface area contributed by atoms with Gasteiger partial charge >= 0.3 is 0 Å². The topological polar surface area (TPSA) is 38.7 Å². The Morgan fingerprint density at radius 2 is 0.796 bits per heavy atom. The van der Waals surface area contributed by atoms with Crippen LogP contribution < -0.4 is 0 Å². The number of aromatic nitrogens is 3. The van der Waals surface area contributed by atoms with Crippen molar-refractivity contribution in [2.45, 2.75) is 0 Å². The molecule has 0 saturated carbocycles. The third-order valence-corrected chi connectivity index (χ3v) is 10.6. The molecule has 10 aromatic rings. The summed E-state index contributed by atoms with van der Waals surface area (Å²) < 4.78 is 2.45. The zero-order valence-electron chi connectivity index (χ0n) is 26.3. The zero-order chi connectivity index (χ0) is 32.3. The molecule has 4 heteroatoms. The maximum Gasteiger partial charge on any atom is 0.164 e. The van der Waals surface area contributed by atoms with Crippen LogP contribution in [0.5, 0.6) is 0 Å². The van der Waals surface area contributed by atoms with E-state index in [4.69, 9.17) is 15.0 Å². The highest BCUT2D eigenvalue weighted by Gasteiger charge is 2.18. The summed E-state index contributed by atoms with van der Waals surface area (Å²) in [5.74, 6) is 2.01. The van der Waals surface area contributed by atoms with E-state index in [1.54, 1.807) is 0 Å². The van der Waals surface area contributed by atoms with Crippen LogP contribution in [0.3, 0.4) is 0 Å². The highest BCUT2D eigenvalue weighted by molar-refractivity contribution is 7.26. The van der Waals surface area contributed by atoms with Gasteiger partial charge in [-0.1, -0.05) is 146 Å². The first-order valence-corrected chi connectivity index (χ1v) is 17.3. The second kappa shape index (κ2) is 11.2. The number of thiophene rings is 1. The van der Waals surface area contributed by atoms with Gasteiger partial charge in [0.05, 0.1) is 0 Å². The van der Waals surface area contributed by atoms with Crippen LogP contribution in [0.15, 0.2) is 164 Å². The van der Waals surface area contributed by atoms with Crippen LogP contribution in [0.1, 0.15) is 0 Å². The summed E-state index contributed by atoms with van der Waals surface area (Å²) in [4.78, 5) is 15.0. The van der Waals surface area contributed by atoms with Crippen molar-refractivity contribution < 1.29 is 0 Å². The number of fused-ring (bicyclic) bond motifs is 9. The second-order valence-corrected chi connectivity index (χ2v) is 13.5. The number of hydrogen-bond acceptors (Lipinski definition) is 4. The van der Waals surface area contributed by atoms with Crippen LogP contribution in [0, 0.1) is 0 Å². The molecule has 0 saturated heterocycles. The highest BCUT2D eigenvalue weighted by atomic mass is 32.1. The molecule has 0 bridgehead atoms. The van der Waals surface area contributed by atoms with Gasteiger partial charge in [0.1, 0.15) is 0 Å². The average molecular weight is 642 g/mol. The van der Waals surface area contributed by atoms with E-state index in [0.29, 0.717) is 17.5 Å². The molecule has 0 radical (unpaired) electrons. The van der Waals surface area contributed by atoms with E-state index in [-0.39, 0.29) is 0 Å². The van der Waals surface area contributed by atoms with Gasteiger partial charge in [-0.3, -0.25) is 0 Å². The van der Waals surface area contributed by atoms with Crippen LogP contribution in [0.4, 0.5) is 0 Å². The minimum atomic E-state index is 0.667. The first-order chi connectivity index (χ1) is 24.3. The SMILES string of the molecule is c1ccc(-c2nc(-c3ccccc3)nc(-c3cccc4sc5cc(-c6ccc7c8ccccc8c8ccccc8c7c6)ccc5c34)n2)cc1. The fourth-order valence-corrected chi connectivity index (χ4v) is 8.38. The van der Waals surface area contributed by atoms with E-state index in [9.17, 15) is 0 Å². The van der Waals surface area contributed by atoms with E-state index >= 15 is 0 Å². The lowest BCUT2D eigenvalue weighted by Crippen LogP contribution is -2.00. The van der Waals surface area contributed by atoms with Gasteiger partial charge in [0.15, 0.2) is 17.5 Å². The normalized spacial score (nSPS) is 11.7. The molecule has 0 fully saturated rings. The molecule has 49 heavy (non-hydrogen) atoms. The third-order valence-electron chi connectivity index (χ3n) is 9.51. The minimum Gasteiger partial charge on any atom is -0.208 e. The second-order valence-electron chi connectivity index (χ2n) is 12.4. The largest absolute Gasteiger partial charge is 0.208 e. The van der Waals surface area contributed by atoms with Crippen LogP contribution in [-0.2, 0) is 0 Å². The smallest absolute Gasteiger partial charge is 0.164 e. The van der Waals surface area contributed by atoms with Gasteiger partial charge in [0.2, 0.25) is 0 Å². The Balaban J connectivity index is 1.14. The van der Waals surface area contributed by atoms with Crippen molar-refractivity contribution >= 4 is 63.8 Å². The lowest BCUT2D eigenvalue weighted by atomic mass is 9.92. The Morgan fingerprint density at radius 3 is 1.41 bits per heavy atom. The van der Waals surface area contributed by atoms with Crippen molar-refractivity contribution in [3.8, 4) is 45.3 Å². The molecule has 228 valence electrons. The fraction of sp³-hybridized carbons (Fsp3) is 0. The number of nitrogens with zero attached hydrogens (tertiary/aromatic N) is 3. The molecular weight excluding hydrogens is 615 g/mol. The van der Waals surface area contributed by atoms with Crippen LogP contribution in [-0.4, -0.2) is 15.0 Å². The van der Waals surface area contributed by atoms with Crippen molar-refractivity contribution in [1.82, 2.24) is 15.0 Å². The van der Waals surface area contributed by atoms with Crippen molar-refractivity contribution in [1.29, 1.82) is 0 Å². The minimum absolute atomic E-state index is 0.667. The molecular formula is C45H27N3S. The van der Waals surface area contributed by atoms with E-state index in [0.717, 1.165) is 16.7 Å². The molecule has 3 nitrogen and oxygen atoms in total. The number of hydrogen-bond donors (Lipinski definition) is 0. The molecule has 8 aromatic carbocycles. The summed E-state index contributed by atoms with van der Waals surface area (Å²) in [6, 6.07) is 58.1. The summed E-state index contributed by atoms with van der Waals surface area (Å²) in [5.41, 5.74) is 5.36. The summed E-state index contributed by atoms with van der Waals surface area (Å²) in [6.45, 7) is 0. The zero-order valence-corrected chi connectivity index (χ0v) is 27.2. The van der Waals surface area contributed by atoms with Crippen molar-refractivity contribution in [3.05, 3.63) is 164 Å². The van der Waals surface area contributed by atoms with Crippen LogP contribution >= 0.6 is 11.3 Å². The first kappa shape index (κ1) is 27.8. The van der Waals surface area contributed by atoms with Gasteiger partial charge in [0, 0.05) is 36.9 Å². The molecule has 0 unspecified atom stereocenters. The first-order valence-electron chi connectivity index (χ1n) is 16.4. The summed E-state index contributed by atoms with van der Waals surface area (Å²) >= 11 is 1.82. The number of benzene rings is 8. The Hall–Kier alpha value is -6.23. The predicted octanol–water partition coefficient (Wildman–Crippen LogP) is 12.4. The van der Waals surface area contributed by atoms with Gasteiger partial charge in [-0.15, -0.1) is 11.3 Å². The van der Waals surface area contributed by atoms with Crippen LogP contribution in [0.25, 0.3) is 97.8 Å². The van der Waals surface area contributed by atoms with E-state index in [2.05, 4.69) is 103 Å². The Kier molecular flexibility index (Phi) is 6.36. The quantitative estimate of drug-likeness (QED) is 0.180. The standard InChI is InChI=1S/C45H27N3S/c1-3-12-28(13-4-1)43-46-44(29-14-5-2-6-15-29)48-45(47-43)38-20-11-21-40-42(38)37-25-23-31(27-41(37)49-40)30-22-24-36-34-18-8-7-16-32(34)33-17-9-10-19-35(33)39(36)26-30/h1-27H. The van der Waals surface area contributed by atoms with Gasteiger partial charge in [-0.25, -0.2) is 15.0 Å². The molecule has 0 aliphatic heterocycles. The Morgan fingerprint density at radius 1 is 0.306 bits per heavy atom. The van der Waals surface area contributed by atoms with Crippen molar-refractivity contribution in [2.24, 2.45) is 0 Å². The molecule has 2 heterocycles. The van der Waals surface area contributed by atoms with Crippen LogP contribution in [0.2, 0.25) is 0 Å². The molecule has 0 aliphatic rings. The molecule has 0 amide bonds. The molecule has 0 N–H and O–H groups in total. The van der Waals surface area contributed by atoms with Crippen molar-refractivity contribution in [2.75, 3.05) is 0 Å². The molecule has 0 spiro atoms. The Bertz CT molecular complexity index is 2780. The van der Waals surface area contributed by atoms with E-state index in [1.165, 1.54) is 63.6 Å². The van der Waals surface area contributed by atoms with Gasteiger partial charge < -0.3 is 0 Å². The summed E-state index contributed by atoms with van der Waals surface area (Å²) in [6.07, 6.45) is 0.